The van der Waals surface area contributed by atoms with Crippen LogP contribution in [0.1, 0.15) is 114 Å². The smallest absolute Gasteiger partial charge is 0.231 e. The topological polar surface area (TPSA) is 161 Å². The van der Waals surface area contributed by atoms with Crippen LogP contribution >= 0.6 is 0 Å². The van der Waals surface area contributed by atoms with Gasteiger partial charge in [0.05, 0.1) is 34.2 Å². The first kappa shape index (κ1) is 38.6. The summed E-state index contributed by atoms with van der Waals surface area (Å²) in [5.74, 6) is 5.02. The van der Waals surface area contributed by atoms with E-state index < -0.39 is 0 Å². The molecule has 12 heteroatoms. The molecule has 2 amide bonds. The fourth-order valence-electron chi connectivity index (χ4n) is 16.0. The molecule has 2 aromatic rings. The molecule has 4 aliphatic heterocycles. The molecule has 6 unspecified atom stereocenters. The Balaban J connectivity index is 0.000000136. The van der Waals surface area contributed by atoms with Crippen LogP contribution in [0.4, 0.5) is 11.6 Å². The quantitative estimate of drug-likeness (QED) is 0.408. The molecular weight excluding hydrogens is 753 g/mol. The monoisotopic (exact) mass is 812 g/mol. The van der Waals surface area contributed by atoms with Gasteiger partial charge >= 0.3 is 0 Å². The first-order chi connectivity index (χ1) is 29.1. The summed E-state index contributed by atoms with van der Waals surface area (Å²) in [6.45, 7) is 4.74. The molecule has 2 N–H and O–H groups in total. The SMILES string of the molecule is N#Cc1cccnc1N1CCCC2(CCN(C34CC5CC(C3)C(O)C(C5)C4)C2=O)C1.N#Cc1cccnc1N1CCCC2(CCN(C34CC5CC(C3)C(O)C(C5)C4)C2=O)C1. The van der Waals surface area contributed by atoms with Crippen LogP contribution in [-0.2, 0) is 9.59 Å². The summed E-state index contributed by atoms with van der Waals surface area (Å²) in [4.78, 5) is 45.8. The largest absolute Gasteiger partial charge is 0.393 e. The normalized spacial score (nSPS) is 42.2. The maximum Gasteiger partial charge on any atom is 0.231 e. The third-order valence-corrected chi connectivity index (χ3v) is 18.1. The molecule has 6 heterocycles. The van der Waals surface area contributed by atoms with Gasteiger partial charge in [-0.1, -0.05) is 0 Å². The Morgan fingerprint density at radius 2 is 0.983 bits per heavy atom. The van der Waals surface area contributed by atoms with Gasteiger partial charge in [-0.3, -0.25) is 9.59 Å². The average molecular weight is 813 g/mol. The van der Waals surface area contributed by atoms with Crippen molar-refractivity contribution >= 4 is 23.5 Å². The van der Waals surface area contributed by atoms with E-state index in [0.717, 1.165) is 141 Å². The first-order valence-electron chi connectivity index (χ1n) is 23.3. The summed E-state index contributed by atoms with van der Waals surface area (Å²) in [6, 6.07) is 11.7. The number of hydrogen-bond acceptors (Lipinski definition) is 10. The predicted molar refractivity (Wildman–Crippen MR) is 223 cm³/mol. The van der Waals surface area contributed by atoms with Gasteiger partial charge in [0.1, 0.15) is 23.8 Å². The number of aliphatic hydroxyl groups is 2. The van der Waals surface area contributed by atoms with Crippen LogP contribution in [0.2, 0.25) is 0 Å². The number of anilines is 2. The number of pyridine rings is 2. The van der Waals surface area contributed by atoms with Gasteiger partial charge in [-0.05, 0) is 163 Å². The maximum atomic E-state index is 14.0. The van der Waals surface area contributed by atoms with E-state index in [2.05, 4.69) is 41.7 Å². The minimum atomic E-state index is -0.343. The molecule has 316 valence electrons. The third-order valence-electron chi connectivity index (χ3n) is 18.1. The van der Waals surface area contributed by atoms with Gasteiger partial charge in [0.25, 0.3) is 0 Å². The number of likely N-dealkylation sites (tertiary alicyclic amines) is 2. The Morgan fingerprint density at radius 3 is 1.37 bits per heavy atom. The van der Waals surface area contributed by atoms with Gasteiger partial charge in [-0.25, -0.2) is 9.97 Å². The van der Waals surface area contributed by atoms with E-state index >= 15 is 0 Å². The lowest BCUT2D eigenvalue weighted by Crippen LogP contribution is -2.65. The molecule has 4 saturated heterocycles. The van der Waals surface area contributed by atoms with Gasteiger partial charge in [0, 0.05) is 62.7 Å². The molecule has 2 spiro atoms. The van der Waals surface area contributed by atoms with Gasteiger partial charge in [0.15, 0.2) is 0 Å². The predicted octanol–water partition coefficient (Wildman–Crippen LogP) is 5.42. The number of nitrogens with zero attached hydrogens (tertiary/aromatic N) is 8. The second-order valence-corrected chi connectivity index (χ2v) is 21.4. The van der Waals surface area contributed by atoms with E-state index in [-0.39, 0.29) is 34.1 Å². The number of carbonyl (C=O) groups excluding carboxylic acids is 2. The molecule has 8 bridgehead atoms. The van der Waals surface area contributed by atoms with Gasteiger partial charge in [-0.15, -0.1) is 0 Å². The molecule has 0 radical (unpaired) electrons. The Bertz CT molecular complexity index is 1970. The lowest BCUT2D eigenvalue weighted by molar-refractivity contribution is -0.168. The summed E-state index contributed by atoms with van der Waals surface area (Å²) in [7, 11) is 0. The zero-order chi connectivity index (χ0) is 41.0. The van der Waals surface area contributed by atoms with Gasteiger partial charge in [0.2, 0.25) is 11.8 Å². The van der Waals surface area contributed by atoms with Crippen molar-refractivity contribution in [3.63, 3.8) is 0 Å². The number of rotatable bonds is 4. The van der Waals surface area contributed by atoms with Crippen LogP contribution in [0.25, 0.3) is 0 Å². The average Bonchev–Trinajstić information content (AvgIpc) is 3.75. The molecule has 8 aliphatic carbocycles. The van der Waals surface area contributed by atoms with E-state index in [1.165, 1.54) is 0 Å². The Hall–Kier alpha value is -4.26. The molecule has 60 heavy (non-hydrogen) atoms. The van der Waals surface area contributed by atoms with Crippen molar-refractivity contribution in [2.75, 3.05) is 49.1 Å². The number of nitriles is 2. The molecule has 12 fully saturated rings. The van der Waals surface area contributed by atoms with E-state index in [1.54, 1.807) is 24.5 Å². The minimum Gasteiger partial charge on any atom is -0.393 e. The van der Waals surface area contributed by atoms with Crippen molar-refractivity contribution in [2.24, 2.45) is 46.3 Å². The second kappa shape index (κ2) is 14.1. The lowest BCUT2D eigenvalue weighted by atomic mass is 9.51. The van der Waals surface area contributed by atoms with Gasteiger partial charge < -0.3 is 29.8 Å². The highest BCUT2D eigenvalue weighted by Crippen LogP contribution is 2.61. The van der Waals surface area contributed by atoms with Crippen LogP contribution in [0.15, 0.2) is 36.7 Å². The van der Waals surface area contributed by atoms with Crippen molar-refractivity contribution in [1.29, 1.82) is 10.5 Å². The number of piperidine rings is 2. The minimum absolute atomic E-state index is 0.0125. The summed E-state index contributed by atoms with van der Waals surface area (Å²) in [6.07, 6.45) is 19.6. The van der Waals surface area contributed by atoms with Crippen LogP contribution in [0, 0.1) is 69.0 Å². The standard InChI is InChI=1S/2C24H30N4O2/c2*25-14-17-3-1-6-26-21(17)27-7-2-4-23(15-27)5-8-28(22(23)30)24-11-16-9-18(12-24)20(29)19(10-16)13-24/h2*1,3,6,16,18-20,29H,2,4-5,7-13,15H2. The molecule has 12 aliphatic rings. The summed E-state index contributed by atoms with van der Waals surface area (Å²) >= 11 is 0. The van der Waals surface area contributed by atoms with Crippen LogP contribution in [-0.4, -0.2) is 104 Å². The zero-order valence-corrected chi connectivity index (χ0v) is 34.9. The highest BCUT2D eigenvalue weighted by atomic mass is 16.3. The Morgan fingerprint density at radius 1 is 0.583 bits per heavy atom. The van der Waals surface area contributed by atoms with E-state index in [9.17, 15) is 30.3 Å². The Kier molecular flexibility index (Phi) is 9.11. The van der Waals surface area contributed by atoms with Gasteiger partial charge in [-0.2, -0.15) is 10.5 Å². The maximum absolute atomic E-state index is 14.0. The third kappa shape index (κ3) is 5.86. The summed E-state index contributed by atoms with van der Waals surface area (Å²) < 4.78 is 0. The number of aromatic nitrogens is 2. The van der Waals surface area contributed by atoms with E-state index in [1.807, 2.05) is 12.1 Å². The molecule has 14 rings (SSSR count). The molecule has 2 aromatic heterocycles. The summed E-state index contributed by atoms with van der Waals surface area (Å²) in [5, 5.41) is 40.3. The van der Waals surface area contributed by atoms with Crippen LogP contribution in [0.3, 0.4) is 0 Å². The number of amides is 2. The number of hydrogen-bond donors (Lipinski definition) is 2. The van der Waals surface area contributed by atoms with Crippen molar-refractivity contribution < 1.29 is 19.8 Å². The highest BCUT2D eigenvalue weighted by Gasteiger charge is 2.64. The lowest BCUT2D eigenvalue weighted by Gasteiger charge is -2.61. The highest BCUT2D eigenvalue weighted by molar-refractivity contribution is 5.87. The zero-order valence-electron chi connectivity index (χ0n) is 34.9. The molecule has 12 nitrogen and oxygen atoms in total. The Labute approximate surface area is 353 Å². The van der Waals surface area contributed by atoms with E-state index in [4.69, 9.17) is 0 Å². The second-order valence-electron chi connectivity index (χ2n) is 21.4. The summed E-state index contributed by atoms with van der Waals surface area (Å²) in [5.41, 5.74) is 0.469. The first-order valence-corrected chi connectivity index (χ1v) is 23.3. The van der Waals surface area contributed by atoms with Crippen molar-refractivity contribution in [2.45, 2.75) is 126 Å². The number of aliphatic hydroxyl groups excluding tert-OH is 2. The molecular formula is C48H60N8O4. The van der Waals surface area contributed by atoms with Crippen molar-refractivity contribution in [3.8, 4) is 12.1 Å². The van der Waals surface area contributed by atoms with Crippen molar-refractivity contribution in [3.05, 3.63) is 47.8 Å². The van der Waals surface area contributed by atoms with Crippen LogP contribution in [0.5, 0.6) is 0 Å². The molecule has 0 aromatic carbocycles. The van der Waals surface area contributed by atoms with E-state index in [0.29, 0.717) is 71.5 Å². The fraction of sp³-hybridized carbons (Fsp3) is 0.708. The molecule has 8 saturated carbocycles. The number of carbonyl (C=O) groups is 2. The van der Waals surface area contributed by atoms with Crippen molar-refractivity contribution in [1.82, 2.24) is 19.8 Å². The van der Waals surface area contributed by atoms with Crippen LogP contribution < -0.4 is 9.80 Å². The molecule has 6 atom stereocenters. The fourth-order valence-corrected chi connectivity index (χ4v) is 16.0.